The van der Waals surface area contributed by atoms with Crippen molar-refractivity contribution in [1.29, 1.82) is 0 Å². The molecule has 1 unspecified atom stereocenters. The van der Waals surface area contributed by atoms with E-state index in [9.17, 15) is 14.4 Å². The van der Waals surface area contributed by atoms with Gasteiger partial charge in [-0.3, -0.25) is 14.4 Å². The van der Waals surface area contributed by atoms with Gasteiger partial charge in [0.05, 0.1) is 0 Å². The fourth-order valence-corrected chi connectivity index (χ4v) is 9.53. The molecule has 0 aromatic rings. The van der Waals surface area contributed by atoms with E-state index in [1.54, 1.807) is 0 Å². The zero-order valence-electron chi connectivity index (χ0n) is 54.2. The van der Waals surface area contributed by atoms with Crippen LogP contribution in [0.5, 0.6) is 0 Å². The molecule has 0 saturated heterocycles. The highest BCUT2D eigenvalue weighted by Gasteiger charge is 2.19. The second-order valence-corrected chi connectivity index (χ2v) is 22.7. The molecule has 83 heavy (non-hydrogen) atoms. The van der Waals surface area contributed by atoms with Gasteiger partial charge in [-0.15, -0.1) is 0 Å². The maximum absolute atomic E-state index is 12.9. The van der Waals surface area contributed by atoms with Crippen molar-refractivity contribution in [2.45, 2.75) is 322 Å². The average Bonchev–Trinajstić information content (AvgIpc) is 3.49. The van der Waals surface area contributed by atoms with E-state index in [0.717, 1.165) is 135 Å². The Labute approximate surface area is 513 Å². The van der Waals surface area contributed by atoms with Gasteiger partial charge in [-0.2, -0.15) is 0 Å². The first-order valence-corrected chi connectivity index (χ1v) is 34.7. The van der Waals surface area contributed by atoms with Crippen LogP contribution in [0.4, 0.5) is 0 Å². The molecule has 0 radical (unpaired) electrons. The van der Waals surface area contributed by atoms with E-state index in [4.69, 9.17) is 14.2 Å². The molecular weight excluding hydrogens is 1020 g/mol. The Morgan fingerprint density at radius 1 is 0.253 bits per heavy atom. The Kier molecular flexibility index (Phi) is 66.3. The zero-order valence-corrected chi connectivity index (χ0v) is 54.2. The van der Waals surface area contributed by atoms with Gasteiger partial charge >= 0.3 is 17.9 Å². The van der Waals surface area contributed by atoms with Crippen LogP contribution in [0.3, 0.4) is 0 Å². The van der Waals surface area contributed by atoms with E-state index in [-0.39, 0.29) is 31.1 Å². The van der Waals surface area contributed by atoms with Crippen molar-refractivity contribution < 1.29 is 28.6 Å². The minimum atomic E-state index is -0.786. The Morgan fingerprint density at radius 3 is 0.735 bits per heavy atom. The smallest absolute Gasteiger partial charge is 0.306 e. The van der Waals surface area contributed by atoms with Gasteiger partial charge in [0.2, 0.25) is 0 Å². The maximum Gasteiger partial charge on any atom is 0.306 e. The number of carbonyl (C=O) groups is 3. The molecule has 0 rings (SSSR count). The lowest BCUT2D eigenvalue weighted by Gasteiger charge is -2.18. The van der Waals surface area contributed by atoms with Gasteiger partial charge in [-0.05, 0) is 116 Å². The van der Waals surface area contributed by atoms with Gasteiger partial charge in [0.25, 0.3) is 0 Å². The minimum absolute atomic E-state index is 0.0815. The van der Waals surface area contributed by atoms with Gasteiger partial charge in [0.15, 0.2) is 6.10 Å². The molecular formula is C77H128O6. The molecule has 0 fully saturated rings. The van der Waals surface area contributed by atoms with E-state index in [1.807, 2.05) is 0 Å². The second-order valence-electron chi connectivity index (χ2n) is 22.7. The lowest BCUT2D eigenvalue weighted by Crippen LogP contribution is -2.30. The van der Waals surface area contributed by atoms with Crippen LogP contribution in [0.25, 0.3) is 0 Å². The van der Waals surface area contributed by atoms with Crippen LogP contribution in [-0.2, 0) is 28.6 Å². The summed E-state index contributed by atoms with van der Waals surface area (Å²) >= 11 is 0. The van der Waals surface area contributed by atoms with Gasteiger partial charge in [0.1, 0.15) is 13.2 Å². The van der Waals surface area contributed by atoms with Crippen molar-refractivity contribution in [3.63, 3.8) is 0 Å². The summed E-state index contributed by atoms with van der Waals surface area (Å²) in [4.78, 5) is 38.3. The molecule has 6 nitrogen and oxygen atoms in total. The topological polar surface area (TPSA) is 78.9 Å². The summed E-state index contributed by atoms with van der Waals surface area (Å²) in [6.45, 7) is 6.41. The number of allylic oxidation sites excluding steroid dienone is 22. The summed E-state index contributed by atoms with van der Waals surface area (Å²) in [5.41, 5.74) is 0. The lowest BCUT2D eigenvalue weighted by molar-refractivity contribution is -0.167. The molecule has 0 aliphatic heterocycles. The highest BCUT2D eigenvalue weighted by atomic mass is 16.6. The molecule has 6 heteroatoms. The third-order valence-corrected chi connectivity index (χ3v) is 14.7. The van der Waals surface area contributed by atoms with E-state index in [2.05, 4.69) is 154 Å². The van der Waals surface area contributed by atoms with Crippen LogP contribution in [0, 0.1) is 0 Å². The second kappa shape index (κ2) is 70.0. The quantitative estimate of drug-likeness (QED) is 0.0261. The van der Waals surface area contributed by atoms with E-state index < -0.39 is 6.10 Å². The van der Waals surface area contributed by atoms with Crippen LogP contribution in [0.2, 0.25) is 0 Å². The lowest BCUT2D eigenvalue weighted by atomic mass is 10.0. The summed E-state index contributed by atoms with van der Waals surface area (Å²) in [7, 11) is 0. The predicted octanol–water partition coefficient (Wildman–Crippen LogP) is 24.1. The first-order valence-electron chi connectivity index (χ1n) is 34.7. The number of ether oxygens (including phenoxy) is 3. The molecule has 0 aromatic heterocycles. The molecule has 0 amide bonds. The fourth-order valence-electron chi connectivity index (χ4n) is 9.53. The molecule has 0 N–H and O–H groups in total. The predicted molar refractivity (Wildman–Crippen MR) is 362 cm³/mol. The first-order chi connectivity index (χ1) is 41.0. The van der Waals surface area contributed by atoms with Crippen LogP contribution in [0.1, 0.15) is 316 Å². The summed E-state index contributed by atoms with van der Waals surface area (Å²) in [6, 6.07) is 0. The highest BCUT2D eigenvalue weighted by Crippen LogP contribution is 2.17. The third kappa shape index (κ3) is 68.2. The van der Waals surface area contributed by atoms with Gasteiger partial charge in [-0.1, -0.05) is 315 Å². The van der Waals surface area contributed by atoms with Crippen LogP contribution < -0.4 is 0 Å². The summed E-state index contributed by atoms with van der Waals surface area (Å²) < 4.78 is 16.9. The molecule has 472 valence electrons. The Balaban J connectivity index is 4.22. The molecule has 0 bridgehead atoms. The van der Waals surface area contributed by atoms with Crippen molar-refractivity contribution >= 4 is 17.9 Å². The number of hydrogen-bond acceptors (Lipinski definition) is 6. The van der Waals surface area contributed by atoms with Crippen molar-refractivity contribution in [2.75, 3.05) is 13.2 Å². The molecule has 0 aliphatic rings. The van der Waals surface area contributed by atoms with Crippen molar-refractivity contribution in [2.24, 2.45) is 0 Å². The van der Waals surface area contributed by atoms with Crippen molar-refractivity contribution in [3.05, 3.63) is 134 Å². The minimum Gasteiger partial charge on any atom is -0.462 e. The largest absolute Gasteiger partial charge is 0.462 e. The SMILES string of the molecule is CC/C=C\C/C=C\C/C=C\C/C=C\C/C=C\C/C=C\C/C=C\CCCCCCCCCC(=O)OCC(COC(=O)CCCCCCCCCCC)OC(=O)CCCCCCCCCCCCCCCC/C=C\C/C=C\C/C=C\C/C=C\CC. The normalized spacial score (nSPS) is 13.0. The molecule has 0 aromatic carbocycles. The third-order valence-electron chi connectivity index (χ3n) is 14.7. The van der Waals surface area contributed by atoms with Crippen LogP contribution >= 0.6 is 0 Å². The molecule has 0 aliphatic carbocycles. The van der Waals surface area contributed by atoms with E-state index >= 15 is 0 Å². The van der Waals surface area contributed by atoms with Crippen LogP contribution in [0.15, 0.2) is 134 Å². The Bertz CT molecular complexity index is 1750. The van der Waals surface area contributed by atoms with Crippen molar-refractivity contribution in [1.82, 2.24) is 0 Å². The van der Waals surface area contributed by atoms with Gasteiger partial charge in [0, 0.05) is 19.3 Å². The van der Waals surface area contributed by atoms with Crippen molar-refractivity contribution in [3.8, 4) is 0 Å². The molecule has 0 spiro atoms. The average molecular weight is 1150 g/mol. The monoisotopic (exact) mass is 1150 g/mol. The number of hydrogen-bond donors (Lipinski definition) is 0. The summed E-state index contributed by atoms with van der Waals surface area (Å²) in [5.74, 6) is -0.889. The fraction of sp³-hybridized carbons (Fsp3) is 0.675. The number of esters is 3. The highest BCUT2D eigenvalue weighted by molar-refractivity contribution is 5.71. The number of unbranched alkanes of at least 4 members (excludes halogenated alkanes) is 29. The molecule has 0 saturated carbocycles. The van der Waals surface area contributed by atoms with Gasteiger partial charge < -0.3 is 14.2 Å². The van der Waals surface area contributed by atoms with Crippen LogP contribution in [-0.4, -0.2) is 37.2 Å². The molecule has 0 heterocycles. The Morgan fingerprint density at radius 2 is 0.470 bits per heavy atom. The molecule has 1 atom stereocenters. The van der Waals surface area contributed by atoms with Gasteiger partial charge in [-0.25, -0.2) is 0 Å². The first kappa shape index (κ1) is 78.5. The Hall–Kier alpha value is -4.45. The number of rotatable bonds is 62. The van der Waals surface area contributed by atoms with E-state index in [1.165, 1.54) is 141 Å². The van der Waals surface area contributed by atoms with E-state index in [0.29, 0.717) is 19.3 Å². The zero-order chi connectivity index (χ0) is 59.9. The number of carbonyl (C=O) groups excluding carboxylic acids is 3. The standard InChI is InChI=1S/C77H128O6/c1-4-7-10-13-16-19-21-23-25-27-29-31-33-35-37-38-40-41-43-45-47-49-51-53-55-58-61-64-67-70-76(79)82-73-74(72-81-75(78)69-66-63-60-57-18-15-12-9-6-3)83-77(80)71-68-65-62-59-56-54-52-50-48-46-44-42-39-36-34-32-30-28-26-24-22-20-17-14-11-8-5-2/h7-8,10-11,16-17,19-20,23-26,29-32,35,37,40-41,45,47,74H,4-6,9,12-15,18,21-22,27-28,33-34,36,38-39,42-44,46,48-73H2,1-3H3/b10-7-,11-8-,19-16-,20-17-,25-23-,26-24-,31-29-,32-30-,37-35-,41-40-,47-45-. The summed E-state index contributed by atoms with van der Waals surface area (Å²) in [5, 5.41) is 0. The maximum atomic E-state index is 12.9. The summed E-state index contributed by atoms with van der Waals surface area (Å²) in [6.07, 6.45) is 99.1.